The first-order valence-electron chi connectivity index (χ1n) is 6.75. The minimum atomic E-state index is -0.808. The van der Waals surface area contributed by atoms with Gasteiger partial charge >= 0.3 is 0 Å². The molecule has 1 unspecified atom stereocenters. The molecule has 1 aromatic carbocycles. The normalized spacial score (nSPS) is 14.9. The van der Waals surface area contributed by atoms with E-state index in [0.717, 1.165) is 17.7 Å². The van der Waals surface area contributed by atoms with Crippen molar-refractivity contribution in [2.45, 2.75) is 47.1 Å². The Bertz CT molecular complexity index is 408. The first-order valence-corrected chi connectivity index (χ1v) is 6.75. The highest BCUT2D eigenvalue weighted by Crippen LogP contribution is 2.26. The van der Waals surface area contributed by atoms with Gasteiger partial charge in [0.05, 0.1) is 5.60 Å². The summed E-state index contributed by atoms with van der Waals surface area (Å²) in [4.78, 5) is 0. The van der Waals surface area contributed by atoms with Gasteiger partial charge in [-0.1, -0.05) is 26.0 Å². The van der Waals surface area contributed by atoms with E-state index in [-0.39, 0.29) is 0 Å². The molecule has 1 aromatic rings. The van der Waals surface area contributed by atoms with Crippen molar-refractivity contribution in [2.24, 2.45) is 5.92 Å². The van der Waals surface area contributed by atoms with E-state index in [4.69, 9.17) is 0 Å². The van der Waals surface area contributed by atoms with Crippen molar-refractivity contribution in [2.75, 3.05) is 13.1 Å². The van der Waals surface area contributed by atoms with E-state index in [2.05, 4.69) is 52.1 Å². The van der Waals surface area contributed by atoms with Gasteiger partial charge in [0, 0.05) is 6.54 Å². The van der Waals surface area contributed by atoms with Crippen LogP contribution in [0.25, 0.3) is 0 Å². The monoisotopic (exact) mass is 249 g/mol. The van der Waals surface area contributed by atoms with Gasteiger partial charge in [0.25, 0.3) is 0 Å². The molecule has 0 amide bonds. The smallest absolute Gasteiger partial charge is 0.0994 e. The van der Waals surface area contributed by atoms with E-state index < -0.39 is 5.60 Å². The molecule has 0 heterocycles. The Morgan fingerprint density at radius 2 is 1.67 bits per heavy atom. The van der Waals surface area contributed by atoms with E-state index in [0.29, 0.717) is 12.5 Å². The van der Waals surface area contributed by atoms with Gasteiger partial charge in [-0.25, -0.2) is 0 Å². The van der Waals surface area contributed by atoms with Crippen LogP contribution in [0.3, 0.4) is 0 Å². The van der Waals surface area contributed by atoms with E-state index in [1.807, 2.05) is 6.92 Å². The van der Waals surface area contributed by atoms with Gasteiger partial charge in [-0.2, -0.15) is 0 Å². The molecular weight excluding hydrogens is 222 g/mol. The first-order chi connectivity index (χ1) is 8.24. The number of aryl methyl sites for hydroxylation is 3. The van der Waals surface area contributed by atoms with Crippen molar-refractivity contribution in [3.05, 3.63) is 34.4 Å². The molecule has 0 saturated carbocycles. The fraction of sp³-hybridized carbons (Fsp3) is 0.625. The lowest BCUT2D eigenvalue weighted by atomic mass is 9.89. The van der Waals surface area contributed by atoms with Crippen LogP contribution in [0.4, 0.5) is 0 Å². The van der Waals surface area contributed by atoms with Gasteiger partial charge < -0.3 is 10.4 Å². The number of hydrogen-bond donors (Lipinski definition) is 2. The van der Waals surface area contributed by atoms with Crippen LogP contribution < -0.4 is 5.32 Å². The molecule has 18 heavy (non-hydrogen) atoms. The van der Waals surface area contributed by atoms with Crippen LogP contribution in [0.15, 0.2) is 12.1 Å². The quantitative estimate of drug-likeness (QED) is 0.840. The lowest BCUT2D eigenvalue weighted by Crippen LogP contribution is -2.37. The van der Waals surface area contributed by atoms with E-state index in [1.165, 1.54) is 11.1 Å². The number of aliphatic hydroxyl groups is 1. The van der Waals surface area contributed by atoms with Crippen molar-refractivity contribution in [1.29, 1.82) is 0 Å². The molecule has 2 N–H and O–H groups in total. The fourth-order valence-electron chi connectivity index (χ4n) is 2.24. The molecule has 0 bridgehead atoms. The summed E-state index contributed by atoms with van der Waals surface area (Å²) in [6.07, 6.45) is 0. The van der Waals surface area contributed by atoms with Crippen LogP contribution in [0.2, 0.25) is 0 Å². The highest BCUT2D eigenvalue weighted by atomic mass is 16.3. The van der Waals surface area contributed by atoms with Crippen LogP contribution in [0, 0.1) is 26.7 Å². The molecule has 0 radical (unpaired) electrons. The van der Waals surface area contributed by atoms with Crippen LogP contribution in [-0.4, -0.2) is 18.2 Å². The molecule has 1 rings (SSSR count). The number of benzene rings is 1. The second kappa shape index (κ2) is 5.85. The predicted molar refractivity (Wildman–Crippen MR) is 77.9 cm³/mol. The maximum absolute atomic E-state index is 10.6. The molecule has 2 heteroatoms. The summed E-state index contributed by atoms with van der Waals surface area (Å²) in [5.74, 6) is 0.599. The summed E-state index contributed by atoms with van der Waals surface area (Å²) >= 11 is 0. The number of rotatable bonds is 5. The van der Waals surface area contributed by atoms with Crippen molar-refractivity contribution in [3.8, 4) is 0 Å². The standard InChI is InChI=1S/C16H27NO/c1-11(2)9-17-10-16(6,18)15-8-13(4)12(3)7-14(15)5/h7-8,11,17-18H,9-10H2,1-6H3. The maximum Gasteiger partial charge on any atom is 0.0994 e. The lowest BCUT2D eigenvalue weighted by Gasteiger charge is -2.27. The third-order valence-corrected chi connectivity index (χ3v) is 3.44. The van der Waals surface area contributed by atoms with Gasteiger partial charge in [0.2, 0.25) is 0 Å². The van der Waals surface area contributed by atoms with Gasteiger partial charge in [-0.15, -0.1) is 0 Å². The van der Waals surface area contributed by atoms with Crippen molar-refractivity contribution >= 4 is 0 Å². The Morgan fingerprint density at radius 3 is 2.22 bits per heavy atom. The van der Waals surface area contributed by atoms with Crippen molar-refractivity contribution in [3.63, 3.8) is 0 Å². The largest absolute Gasteiger partial charge is 0.384 e. The molecule has 102 valence electrons. The molecule has 0 saturated heterocycles. The zero-order valence-electron chi connectivity index (χ0n) is 12.6. The summed E-state index contributed by atoms with van der Waals surface area (Å²) in [6.45, 7) is 14.0. The topological polar surface area (TPSA) is 32.3 Å². The molecule has 1 atom stereocenters. The van der Waals surface area contributed by atoms with Gasteiger partial charge in [0.15, 0.2) is 0 Å². The third-order valence-electron chi connectivity index (χ3n) is 3.44. The predicted octanol–water partition coefficient (Wildman–Crippen LogP) is 3.06. The molecule has 2 nitrogen and oxygen atoms in total. The molecule has 0 aliphatic rings. The molecular formula is C16H27NO. The third kappa shape index (κ3) is 3.82. The molecule has 0 aromatic heterocycles. The summed E-state index contributed by atoms with van der Waals surface area (Å²) in [5, 5.41) is 14.0. The average molecular weight is 249 g/mol. The zero-order valence-corrected chi connectivity index (χ0v) is 12.6. The van der Waals surface area contributed by atoms with Gasteiger partial charge in [-0.05, 0) is 62.4 Å². The Hall–Kier alpha value is -0.860. The summed E-state index contributed by atoms with van der Waals surface area (Å²) in [7, 11) is 0. The minimum absolute atomic E-state index is 0.592. The highest BCUT2D eigenvalue weighted by Gasteiger charge is 2.25. The SMILES string of the molecule is Cc1cc(C)c(C(C)(O)CNCC(C)C)cc1C. The van der Waals surface area contributed by atoms with E-state index in [1.54, 1.807) is 0 Å². The Morgan fingerprint density at radius 1 is 1.11 bits per heavy atom. The first kappa shape index (κ1) is 15.2. The Balaban J connectivity index is 2.87. The van der Waals surface area contributed by atoms with Crippen LogP contribution in [0.1, 0.15) is 43.0 Å². The molecule has 0 fully saturated rings. The summed E-state index contributed by atoms with van der Waals surface area (Å²) < 4.78 is 0. The summed E-state index contributed by atoms with van der Waals surface area (Å²) in [6, 6.07) is 4.27. The van der Waals surface area contributed by atoms with Crippen molar-refractivity contribution < 1.29 is 5.11 Å². The molecule has 0 aliphatic carbocycles. The number of nitrogens with one attached hydrogen (secondary N) is 1. The zero-order chi connectivity index (χ0) is 13.9. The van der Waals surface area contributed by atoms with Crippen molar-refractivity contribution in [1.82, 2.24) is 5.32 Å². The fourth-order valence-corrected chi connectivity index (χ4v) is 2.24. The summed E-state index contributed by atoms with van der Waals surface area (Å²) in [5.41, 5.74) is 3.90. The number of hydrogen-bond acceptors (Lipinski definition) is 2. The van der Waals surface area contributed by atoms with Gasteiger partial charge in [0.1, 0.15) is 0 Å². The molecule has 0 aliphatic heterocycles. The molecule has 0 spiro atoms. The van der Waals surface area contributed by atoms with E-state index in [9.17, 15) is 5.11 Å². The Labute approximate surface area is 111 Å². The van der Waals surface area contributed by atoms with Gasteiger partial charge in [-0.3, -0.25) is 0 Å². The second-order valence-electron chi connectivity index (χ2n) is 6.05. The second-order valence-corrected chi connectivity index (χ2v) is 6.05. The highest BCUT2D eigenvalue weighted by molar-refractivity contribution is 5.39. The van der Waals surface area contributed by atoms with Crippen LogP contribution in [0.5, 0.6) is 0 Å². The van der Waals surface area contributed by atoms with Crippen LogP contribution in [-0.2, 0) is 5.60 Å². The Kier molecular flexibility index (Phi) is 4.94. The maximum atomic E-state index is 10.6. The lowest BCUT2D eigenvalue weighted by molar-refractivity contribution is 0.0557. The van der Waals surface area contributed by atoms with Crippen LogP contribution >= 0.6 is 0 Å². The minimum Gasteiger partial charge on any atom is -0.384 e. The van der Waals surface area contributed by atoms with E-state index >= 15 is 0 Å². The average Bonchev–Trinajstić information content (AvgIpc) is 2.22.